The Morgan fingerprint density at radius 1 is 1.44 bits per heavy atom. The first-order chi connectivity index (χ1) is 8.62. The van der Waals surface area contributed by atoms with Crippen molar-refractivity contribution in [2.45, 2.75) is 46.1 Å². The van der Waals surface area contributed by atoms with Crippen LogP contribution in [0.3, 0.4) is 0 Å². The van der Waals surface area contributed by atoms with Crippen molar-refractivity contribution in [2.75, 3.05) is 12.4 Å². The highest BCUT2D eigenvalue weighted by molar-refractivity contribution is 5.99. The fourth-order valence-corrected chi connectivity index (χ4v) is 1.94. The van der Waals surface area contributed by atoms with Gasteiger partial charge in [-0.3, -0.25) is 9.78 Å². The molecule has 1 heterocycles. The Kier molecular flexibility index (Phi) is 5.62. The highest BCUT2D eigenvalue weighted by Gasteiger charge is 2.15. The molecular formula is C14H23N3O. The van der Waals surface area contributed by atoms with Crippen molar-refractivity contribution in [1.82, 2.24) is 10.3 Å². The summed E-state index contributed by atoms with van der Waals surface area (Å²) in [4.78, 5) is 16.4. The molecule has 4 heteroatoms. The number of rotatable bonds is 6. The second kappa shape index (κ2) is 6.99. The number of nitrogens with one attached hydrogen (secondary N) is 2. The lowest BCUT2D eigenvalue weighted by Gasteiger charge is -2.17. The number of anilines is 1. The van der Waals surface area contributed by atoms with Crippen molar-refractivity contribution < 1.29 is 4.79 Å². The maximum atomic E-state index is 12.2. The van der Waals surface area contributed by atoms with Gasteiger partial charge in [0, 0.05) is 25.0 Å². The van der Waals surface area contributed by atoms with Crippen molar-refractivity contribution in [2.24, 2.45) is 0 Å². The number of carbonyl (C=O) groups excluding carboxylic acids is 1. The Morgan fingerprint density at radius 3 is 2.72 bits per heavy atom. The molecule has 1 aromatic heterocycles. The highest BCUT2D eigenvalue weighted by Crippen LogP contribution is 2.15. The lowest BCUT2D eigenvalue weighted by molar-refractivity contribution is 0.0934. The van der Waals surface area contributed by atoms with E-state index in [0.29, 0.717) is 5.56 Å². The summed E-state index contributed by atoms with van der Waals surface area (Å²) in [6.07, 6.45) is 4.67. The zero-order chi connectivity index (χ0) is 13.5. The number of aromatic nitrogens is 1. The van der Waals surface area contributed by atoms with E-state index in [-0.39, 0.29) is 11.9 Å². The van der Waals surface area contributed by atoms with Crippen molar-refractivity contribution in [3.8, 4) is 0 Å². The molecule has 1 aromatic rings. The predicted molar refractivity (Wildman–Crippen MR) is 75.0 cm³/mol. The molecule has 1 unspecified atom stereocenters. The summed E-state index contributed by atoms with van der Waals surface area (Å²) in [7, 11) is 1.81. The van der Waals surface area contributed by atoms with Gasteiger partial charge < -0.3 is 10.6 Å². The zero-order valence-corrected chi connectivity index (χ0v) is 11.7. The molecule has 2 N–H and O–H groups in total. The third kappa shape index (κ3) is 3.72. The van der Waals surface area contributed by atoms with Gasteiger partial charge in [0.2, 0.25) is 0 Å². The first kappa shape index (κ1) is 14.5. The largest absolute Gasteiger partial charge is 0.387 e. The molecule has 0 fully saturated rings. The molecule has 18 heavy (non-hydrogen) atoms. The van der Waals surface area contributed by atoms with Crippen LogP contribution in [0.15, 0.2) is 12.3 Å². The Hall–Kier alpha value is -1.58. The van der Waals surface area contributed by atoms with Crippen LogP contribution >= 0.6 is 0 Å². The molecule has 0 saturated heterocycles. The molecule has 1 rings (SSSR count). The van der Waals surface area contributed by atoms with E-state index in [2.05, 4.69) is 29.5 Å². The van der Waals surface area contributed by atoms with Crippen molar-refractivity contribution >= 4 is 11.6 Å². The number of nitrogens with zero attached hydrogens (tertiary/aromatic N) is 1. The smallest absolute Gasteiger partial charge is 0.255 e. The summed E-state index contributed by atoms with van der Waals surface area (Å²) in [6, 6.07) is 2.13. The minimum Gasteiger partial charge on any atom is -0.387 e. The van der Waals surface area contributed by atoms with Crippen LogP contribution in [0.2, 0.25) is 0 Å². The highest BCUT2D eigenvalue weighted by atomic mass is 16.1. The number of aryl methyl sites for hydroxylation is 1. The van der Waals surface area contributed by atoms with E-state index >= 15 is 0 Å². The van der Waals surface area contributed by atoms with Gasteiger partial charge in [-0.05, 0) is 25.8 Å². The predicted octanol–water partition coefficient (Wildman–Crippen LogP) is 2.74. The van der Waals surface area contributed by atoms with Gasteiger partial charge in [0.05, 0.1) is 11.3 Å². The quantitative estimate of drug-likeness (QED) is 0.815. The van der Waals surface area contributed by atoms with E-state index in [4.69, 9.17) is 0 Å². The maximum absolute atomic E-state index is 12.2. The topological polar surface area (TPSA) is 54.0 Å². The van der Waals surface area contributed by atoms with E-state index in [1.807, 2.05) is 20.0 Å². The van der Waals surface area contributed by atoms with Crippen molar-refractivity contribution in [3.05, 3.63) is 23.5 Å². The fraction of sp³-hybridized carbons (Fsp3) is 0.571. The zero-order valence-electron chi connectivity index (χ0n) is 11.7. The molecular weight excluding hydrogens is 226 g/mol. The van der Waals surface area contributed by atoms with Gasteiger partial charge in [-0.25, -0.2) is 0 Å². The number of hydrogen-bond donors (Lipinski definition) is 2. The molecule has 0 saturated carbocycles. The van der Waals surface area contributed by atoms with Crippen LogP contribution in [0.4, 0.5) is 5.69 Å². The third-order valence-electron chi connectivity index (χ3n) is 3.02. The second-order valence-corrected chi connectivity index (χ2v) is 4.49. The van der Waals surface area contributed by atoms with Gasteiger partial charge in [0.15, 0.2) is 0 Å². The Morgan fingerprint density at radius 2 is 2.17 bits per heavy atom. The fourth-order valence-electron chi connectivity index (χ4n) is 1.94. The normalized spacial score (nSPS) is 12.0. The number of pyridine rings is 1. The Labute approximate surface area is 109 Å². The molecule has 4 nitrogen and oxygen atoms in total. The van der Waals surface area contributed by atoms with Crippen LogP contribution in [-0.4, -0.2) is 24.0 Å². The maximum Gasteiger partial charge on any atom is 0.255 e. The minimum atomic E-state index is -0.0489. The summed E-state index contributed by atoms with van der Waals surface area (Å²) >= 11 is 0. The number of amides is 1. The van der Waals surface area contributed by atoms with Gasteiger partial charge in [0.25, 0.3) is 5.91 Å². The van der Waals surface area contributed by atoms with E-state index in [0.717, 1.165) is 30.6 Å². The van der Waals surface area contributed by atoms with E-state index in [9.17, 15) is 4.79 Å². The van der Waals surface area contributed by atoms with Crippen LogP contribution in [0.5, 0.6) is 0 Å². The third-order valence-corrected chi connectivity index (χ3v) is 3.02. The summed E-state index contributed by atoms with van der Waals surface area (Å²) in [5, 5.41) is 6.10. The van der Waals surface area contributed by atoms with Crippen LogP contribution in [-0.2, 0) is 0 Å². The van der Waals surface area contributed by atoms with Crippen LogP contribution in [0.1, 0.15) is 49.2 Å². The molecule has 1 amide bonds. The average molecular weight is 249 g/mol. The van der Waals surface area contributed by atoms with Gasteiger partial charge in [0.1, 0.15) is 0 Å². The lowest BCUT2D eigenvalue weighted by atomic mass is 10.1. The summed E-state index contributed by atoms with van der Waals surface area (Å²) in [6.45, 7) is 6.13. The molecule has 0 aliphatic rings. The molecule has 0 radical (unpaired) electrons. The monoisotopic (exact) mass is 249 g/mol. The molecule has 1 atom stereocenters. The first-order valence-electron chi connectivity index (χ1n) is 6.57. The average Bonchev–Trinajstić information content (AvgIpc) is 2.37. The van der Waals surface area contributed by atoms with E-state index in [1.165, 1.54) is 0 Å². The van der Waals surface area contributed by atoms with Crippen LogP contribution in [0.25, 0.3) is 0 Å². The minimum absolute atomic E-state index is 0.0489. The molecule has 0 bridgehead atoms. The standard InChI is InChI=1S/C14H23N3O/c1-5-7-11(6-2)17-14(18)12-9-16-10(3)8-13(12)15-4/h8-9,11H,5-7H2,1-4H3,(H,15,16)(H,17,18). The summed E-state index contributed by atoms with van der Waals surface area (Å²) in [5.74, 6) is -0.0489. The van der Waals surface area contributed by atoms with Gasteiger partial charge in [-0.1, -0.05) is 20.3 Å². The lowest BCUT2D eigenvalue weighted by Crippen LogP contribution is -2.34. The molecule has 0 aliphatic heterocycles. The first-order valence-corrected chi connectivity index (χ1v) is 6.57. The van der Waals surface area contributed by atoms with Crippen LogP contribution in [0, 0.1) is 6.92 Å². The second-order valence-electron chi connectivity index (χ2n) is 4.49. The van der Waals surface area contributed by atoms with Gasteiger partial charge in [-0.15, -0.1) is 0 Å². The van der Waals surface area contributed by atoms with Crippen molar-refractivity contribution in [3.63, 3.8) is 0 Å². The van der Waals surface area contributed by atoms with Crippen molar-refractivity contribution in [1.29, 1.82) is 0 Å². The molecule has 0 aliphatic carbocycles. The van der Waals surface area contributed by atoms with E-state index < -0.39 is 0 Å². The summed E-state index contributed by atoms with van der Waals surface area (Å²) in [5.41, 5.74) is 2.33. The Balaban J connectivity index is 2.83. The van der Waals surface area contributed by atoms with Gasteiger partial charge >= 0.3 is 0 Å². The molecule has 0 aromatic carbocycles. The number of hydrogen-bond acceptors (Lipinski definition) is 3. The number of carbonyl (C=O) groups is 1. The van der Waals surface area contributed by atoms with Gasteiger partial charge in [-0.2, -0.15) is 0 Å². The Bertz CT molecular complexity index is 404. The molecule has 100 valence electrons. The molecule has 0 spiro atoms. The van der Waals surface area contributed by atoms with Crippen LogP contribution < -0.4 is 10.6 Å². The van der Waals surface area contributed by atoms with E-state index in [1.54, 1.807) is 6.20 Å². The SMILES string of the molecule is CCCC(CC)NC(=O)c1cnc(C)cc1NC. The summed E-state index contributed by atoms with van der Waals surface area (Å²) < 4.78 is 0.